The number of hydrogen-bond donors (Lipinski definition) is 1. The average molecular weight is 669 g/mol. The molecule has 6 rings (SSSR count). The van der Waals surface area contributed by atoms with Crippen LogP contribution in [0.25, 0.3) is 0 Å². The number of nitrogens with zero attached hydrogens (tertiary/aromatic N) is 2. The Labute approximate surface area is 283 Å². The molecule has 2 aliphatic rings. The van der Waals surface area contributed by atoms with Crippen molar-refractivity contribution in [2.75, 3.05) is 47.8 Å². The number of methoxy groups -OCH3 is 3. The Morgan fingerprint density at radius 1 is 0.551 bits per heavy atom. The summed E-state index contributed by atoms with van der Waals surface area (Å²) in [4.78, 5) is 52.5. The van der Waals surface area contributed by atoms with Crippen LogP contribution in [-0.2, 0) is 22.6 Å². The monoisotopic (exact) mass is 668 g/mol. The Balaban J connectivity index is 0.000000199. The zero-order valence-electron chi connectivity index (χ0n) is 27.3. The topological polar surface area (TPSA) is 141 Å². The molecule has 0 saturated carbocycles. The van der Waals surface area contributed by atoms with Gasteiger partial charge in [-0.05, 0) is 59.7 Å². The summed E-state index contributed by atoms with van der Waals surface area (Å²) in [6, 6.07) is 23.9. The number of amides is 4. The summed E-state index contributed by atoms with van der Waals surface area (Å²) in [7, 11) is 4.76. The maximum absolute atomic E-state index is 12.9. The number of rotatable bonds is 13. The van der Waals surface area contributed by atoms with E-state index in [0.29, 0.717) is 42.4 Å². The van der Waals surface area contributed by atoms with Crippen molar-refractivity contribution in [2.45, 2.75) is 13.1 Å². The average Bonchev–Trinajstić information content (AvgIpc) is 3.51. The van der Waals surface area contributed by atoms with Crippen molar-refractivity contribution in [1.82, 2.24) is 9.80 Å². The van der Waals surface area contributed by atoms with E-state index < -0.39 is 5.91 Å². The maximum atomic E-state index is 12.9. The van der Waals surface area contributed by atoms with E-state index in [2.05, 4.69) is 0 Å². The highest BCUT2D eigenvalue weighted by molar-refractivity contribution is 6.23. The molecule has 254 valence electrons. The number of fused-ring (bicyclic) bond motifs is 2. The number of imide groups is 2. The summed E-state index contributed by atoms with van der Waals surface area (Å²) >= 11 is 0. The lowest BCUT2D eigenvalue weighted by atomic mass is 10.1. The quantitative estimate of drug-likeness (QED) is 0.157. The van der Waals surface area contributed by atoms with Gasteiger partial charge in [-0.3, -0.25) is 29.0 Å². The van der Waals surface area contributed by atoms with Gasteiger partial charge in [0.2, 0.25) is 0 Å². The van der Waals surface area contributed by atoms with Crippen LogP contribution >= 0.6 is 0 Å². The number of ether oxygens (including phenoxy) is 5. The summed E-state index contributed by atoms with van der Waals surface area (Å²) < 4.78 is 26.2. The lowest BCUT2D eigenvalue weighted by Crippen LogP contribution is -2.29. The van der Waals surface area contributed by atoms with Crippen LogP contribution < -0.4 is 14.2 Å². The van der Waals surface area contributed by atoms with E-state index in [-0.39, 0.29) is 54.3 Å². The molecule has 0 atom stereocenters. The highest BCUT2D eigenvalue weighted by Gasteiger charge is 2.39. The van der Waals surface area contributed by atoms with Crippen molar-refractivity contribution in [1.29, 1.82) is 0 Å². The van der Waals surface area contributed by atoms with Gasteiger partial charge in [0.05, 0.1) is 69.4 Å². The molecule has 12 nitrogen and oxygen atoms in total. The third kappa shape index (κ3) is 7.72. The van der Waals surface area contributed by atoms with Gasteiger partial charge < -0.3 is 28.8 Å². The van der Waals surface area contributed by atoms with Crippen molar-refractivity contribution in [3.8, 4) is 23.0 Å². The lowest BCUT2D eigenvalue weighted by Gasteiger charge is -2.14. The van der Waals surface area contributed by atoms with Gasteiger partial charge in [-0.25, -0.2) is 0 Å². The van der Waals surface area contributed by atoms with Crippen LogP contribution in [0.15, 0.2) is 84.9 Å². The van der Waals surface area contributed by atoms with Crippen LogP contribution in [-0.4, -0.2) is 86.3 Å². The standard InChI is InChI=1S/C21H23NO6.C16H13NO4/c1-25-10-11-27-12-13-28-18-5-3-4-17-19(18)21(24)22(20(17)23)14-15-6-8-16(26-2)9-7-15;1-21-11-7-5-10(6-8-11)9-17-15(19)12-3-2-4-13(18)14(12)16(17)20/h3-9H,10-14H2,1-2H3;2-8,18H,9H2,1H3. The zero-order valence-corrected chi connectivity index (χ0v) is 27.3. The molecule has 0 bridgehead atoms. The highest BCUT2D eigenvalue weighted by Crippen LogP contribution is 2.33. The molecule has 2 heterocycles. The van der Waals surface area contributed by atoms with E-state index in [9.17, 15) is 24.3 Å². The number of aromatic hydroxyl groups is 1. The molecule has 0 radical (unpaired) electrons. The minimum atomic E-state index is -0.469. The van der Waals surface area contributed by atoms with Crippen LogP contribution in [0.4, 0.5) is 0 Å². The summed E-state index contributed by atoms with van der Waals surface area (Å²) in [5, 5.41) is 9.76. The first-order chi connectivity index (χ1) is 23.8. The smallest absolute Gasteiger partial charge is 0.265 e. The SMILES string of the molecule is COCCOCCOc1cccc2c1C(=O)N(Cc1ccc(OC)cc1)C2=O.COc1ccc(CN2C(=O)c3cccc(O)c3C2=O)cc1. The number of phenolic OH excluding ortho intramolecular Hbond substituents is 1. The Morgan fingerprint density at radius 3 is 1.55 bits per heavy atom. The summed E-state index contributed by atoms with van der Waals surface area (Å²) in [5.41, 5.74) is 2.63. The second-order valence-electron chi connectivity index (χ2n) is 10.9. The molecule has 1 N–H and O–H groups in total. The Hall–Kier alpha value is -5.72. The predicted molar refractivity (Wildman–Crippen MR) is 177 cm³/mol. The molecule has 0 unspecified atom stereocenters. The van der Waals surface area contributed by atoms with Crippen LogP contribution in [0.3, 0.4) is 0 Å². The zero-order chi connectivity index (χ0) is 34.9. The van der Waals surface area contributed by atoms with Gasteiger partial charge in [-0.15, -0.1) is 0 Å². The third-order valence-electron chi connectivity index (χ3n) is 7.85. The fourth-order valence-electron chi connectivity index (χ4n) is 5.31. The van der Waals surface area contributed by atoms with Crippen LogP contribution in [0.5, 0.6) is 23.0 Å². The Bertz CT molecular complexity index is 1820. The summed E-state index contributed by atoms with van der Waals surface area (Å²) in [6.07, 6.45) is 0. The molecule has 12 heteroatoms. The maximum Gasteiger partial charge on any atom is 0.265 e. The fourth-order valence-corrected chi connectivity index (χ4v) is 5.31. The first-order valence-corrected chi connectivity index (χ1v) is 15.4. The van der Waals surface area contributed by atoms with Crippen molar-refractivity contribution >= 4 is 23.6 Å². The molecule has 0 aliphatic carbocycles. The second-order valence-corrected chi connectivity index (χ2v) is 10.9. The van der Waals surface area contributed by atoms with E-state index in [4.69, 9.17) is 23.7 Å². The molecular weight excluding hydrogens is 632 g/mol. The van der Waals surface area contributed by atoms with Gasteiger partial charge in [-0.2, -0.15) is 0 Å². The molecule has 4 aromatic carbocycles. The molecule has 0 fully saturated rings. The molecule has 0 aromatic heterocycles. The van der Waals surface area contributed by atoms with Crippen LogP contribution in [0.2, 0.25) is 0 Å². The molecule has 0 saturated heterocycles. The number of carbonyl (C=O) groups excluding carboxylic acids is 4. The molecule has 4 aromatic rings. The van der Waals surface area contributed by atoms with E-state index in [0.717, 1.165) is 21.8 Å². The third-order valence-corrected chi connectivity index (χ3v) is 7.85. The van der Waals surface area contributed by atoms with Crippen molar-refractivity contribution in [3.63, 3.8) is 0 Å². The van der Waals surface area contributed by atoms with Crippen LogP contribution in [0, 0.1) is 0 Å². The van der Waals surface area contributed by atoms with Gasteiger partial charge in [0.25, 0.3) is 23.6 Å². The van der Waals surface area contributed by atoms with Gasteiger partial charge in [0, 0.05) is 7.11 Å². The van der Waals surface area contributed by atoms with Crippen LogP contribution in [0.1, 0.15) is 52.6 Å². The number of phenols is 1. The minimum Gasteiger partial charge on any atom is -0.507 e. The Kier molecular flexibility index (Phi) is 11.2. The highest BCUT2D eigenvalue weighted by atomic mass is 16.5. The summed E-state index contributed by atoms with van der Waals surface area (Å²) in [6.45, 7) is 1.98. The minimum absolute atomic E-state index is 0.0796. The molecule has 4 amide bonds. The molecule has 0 spiro atoms. The van der Waals surface area contributed by atoms with Crippen molar-refractivity contribution in [2.24, 2.45) is 0 Å². The molecule has 49 heavy (non-hydrogen) atoms. The van der Waals surface area contributed by atoms with Gasteiger partial charge in [0.15, 0.2) is 0 Å². The fraction of sp³-hybridized carbons (Fsp3) is 0.243. The summed E-state index contributed by atoms with van der Waals surface area (Å²) in [5.74, 6) is 0.120. The lowest BCUT2D eigenvalue weighted by molar-refractivity contribution is 0.0539. The number of carbonyl (C=O) groups is 4. The van der Waals surface area contributed by atoms with E-state index in [1.165, 1.54) is 11.0 Å². The van der Waals surface area contributed by atoms with E-state index >= 15 is 0 Å². The van der Waals surface area contributed by atoms with Crippen molar-refractivity contribution in [3.05, 3.63) is 118 Å². The molecule has 2 aliphatic heterocycles. The second kappa shape index (κ2) is 15.9. The number of hydrogen-bond acceptors (Lipinski definition) is 10. The van der Waals surface area contributed by atoms with Gasteiger partial charge in [-0.1, -0.05) is 36.4 Å². The Morgan fingerprint density at radius 2 is 1.04 bits per heavy atom. The van der Waals surface area contributed by atoms with E-state index in [1.54, 1.807) is 88.1 Å². The number of benzene rings is 4. The van der Waals surface area contributed by atoms with Gasteiger partial charge in [0.1, 0.15) is 29.6 Å². The van der Waals surface area contributed by atoms with Crippen molar-refractivity contribution < 1.29 is 48.0 Å². The van der Waals surface area contributed by atoms with E-state index in [1.807, 2.05) is 12.1 Å². The first kappa shape index (κ1) is 34.6. The van der Waals surface area contributed by atoms with Gasteiger partial charge >= 0.3 is 0 Å². The normalized spacial score (nSPS) is 13.2. The predicted octanol–water partition coefficient (Wildman–Crippen LogP) is 4.73. The largest absolute Gasteiger partial charge is 0.507 e. The molecular formula is C37H36N2O10. The first-order valence-electron chi connectivity index (χ1n) is 15.4.